The van der Waals surface area contributed by atoms with Gasteiger partial charge in [-0.1, -0.05) is 0 Å². The van der Waals surface area contributed by atoms with Gasteiger partial charge in [-0.2, -0.15) is 4.31 Å². The lowest BCUT2D eigenvalue weighted by molar-refractivity contribution is 0.291. The lowest BCUT2D eigenvalue weighted by Gasteiger charge is -2.26. The van der Waals surface area contributed by atoms with Gasteiger partial charge in [-0.15, -0.1) is 0 Å². The van der Waals surface area contributed by atoms with Crippen LogP contribution in [0.3, 0.4) is 0 Å². The molecule has 19 heavy (non-hydrogen) atoms. The second-order valence-electron chi connectivity index (χ2n) is 5.05. The van der Waals surface area contributed by atoms with Crippen LogP contribution < -0.4 is 5.43 Å². The highest BCUT2D eigenvalue weighted by Gasteiger charge is 2.36. The Hall–Kier alpha value is -1.18. The molecule has 106 valence electrons. The van der Waals surface area contributed by atoms with Gasteiger partial charge in [0.05, 0.1) is 0 Å². The smallest absolute Gasteiger partial charge is 0.248 e. The van der Waals surface area contributed by atoms with Gasteiger partial charge in [-0.05, 0) is 26.9 Å². The van der Waals surface area contributed by atoms with Crippen molar-refractivity contribution in [1.29, 1.82) is 0 Å². The third-order valence-electron chi connectivity index (χ3n) is 3.27. The highest BCUT2D eigenvalue weighted by molar-refractivity contribution is 7.89. The van der Waals surface area contributed by atoms with E-state index in [1.807, 2.05) is 19.0 Å². The Kier molecular flexibility index (Phi) is 4.07. The van der Waals surface area contributed by atoms with Crippen LogP contribution in [-0.4, -0.2) is 55.8 Å². The van der Waals surface area contributed by atoms with Crippen molar-refractivity contribution >= 4 is 10.0 Å². The van der Waals surface area contributed by atoms with Crippen molar-refractivity contribution < 1.29 is 8.42 Å². The van der Waals surface area contributed by atoms with Gasteiger partial charge in [0.2, 0.25) is 15.5 Å². The average Bonchev–Trinajstić information content (AvgIpc) is 2.77. The molecular formula is C12H19N3O3S. The van der Waals surface area contributed by atoms with E-state index in [0.29, 0.717) is 13.1 Å². The number of likely N-dealkylation sites (N-methyl/N-ethyl adjacent to an activating group) is 1. The number of hydrogen-bond donors (Lipinski definition) is 1. The molecule has 1 unspecified atom stereocenters. The summed E-state index contributed by atoms with van der Waals surface area (Å²) in [7, 11) is 0.129. The second kappa shape index (κ2) is 5.44. The maximum atomic E-state index is 12.5. The first-order valence-corrected chi connectivity index (χ1v) is 7.70. The van der Waals surface area contributed by atoms with Gasteiger partial charge in [-0.25, -0.2) is 8.42 Å². The molecule has 0 amide bonds. The highest BCUT2D eigenvalue weighted by atomic mass is 32.2. The monoisotopic (exact) mass is 285 g/mol. The number of rotatable bonds is 4. The van der Waals surface area contributed by atoms with Crippen molar-refractivity contribution in [3.8, 4) is 0 Å². The van der Waals surface area contributed by atoms with Gasteiger partial charge in [-0.3, -0.25) is 4.79 Å². The SMILES string of the molecule is CN(C)CC1CCCN1S(=O)(=O)c1c[nH]ccc1=O. The van der Waals surface area contributed by atoms with E-state index < -0.39 is 15.5 Å². The van der Waals surface area contributed by atoms with Crippen LogP contribution in [0.15, 0.2) is 28.2 Å². The van der Waals surface area contributed by atoms with E-state index in [1.54, 1.807) is 0 Å². The zero-order valence-corrected chi connectivity index (χ0v) is 12.0. The molecule has 0 bridgehead atoms. The number of sulfonamides is 1. The average molecular weight is 285 g/mol. The number of aromatic nitrogens is 1. The number of hydrogen-bond acceptors (Lipinski definition) is 4. The fourth-order valence-electron chi connectivity index (χ4n) is 2.46. The third kappa shape index (κ3) is 2.88. The molecule has 1 N–H and O–H groups in total. The Morgan fingerprint density at radius 3 is 2.84 bits per heavy atom. The van der Waals surface area contributed by atoms with Crippen LogP contribution in [0.1, 0.15) is 12.8 Å². The number of nitrogens with one attached hydrogen (secondary N) is 1. The van der Waals surface area contributed by atoms with E-state index in [-0.39, 0.29) is 10.9 Å². The zero-order valence-electron chi connectivity index (χ0n) is 11.2. The van der Waals surface area contributed by atoms with Crippen molar-refractivity contribution in [3.63, 3.8) is 0 Å². The minimum absolute atomic E-state index is 0.0559. The zero-order chi connectivity index (χ0) is 14.0. The van der Waals surface area contributed by atoms with Gasteiger partial charge in [0.1, 0.15) is 4.90 Å². The topological polar surface area (TPSA) is 73.5 Å². The Bertz CT molecular complexity index is 594. The summed E-state index contributed by atoms with van der Waals surface area (Å²) in [5.41, 5.74) is -0.464. The summed E-state index contributed by atoms with van der Waals surface area (Å²) in [6.45, 7) is 1.15. The molecule has 2 rings (SSSR count). The molecule has 0 saturated carbocycles. The van der Waals surface area contributed by atoms with Gasteiger partial charge >= 0.3 is 0 Å². The molecule has 1 fully saturated rings. The molecule has 0 radical (unpaired) electrons. The fourth-order valence-corrected chi connectivity index (χ4v) is 4.18. The maximum Gasteiger partial charge on any atom is 0.248 e. The molecule has 6 nitrogen and oxygen atoms in total. The molecule has 1 aliphatic rings. The minimum atomic E-state index is -3.70. The molecule has 1 aromatic heterocycles. The first-order valence-electron chi connectivity index (χ1n) is 6.26. The highest BCUT2D eigenvalue weighted by Crippen LogP contribution is 2.24. The van der Waals surface area contributed by atoms with Gasteiger partial charge < -0.3 is 9.88 Å². The summed E-state index contributed by atoms with van der Waals surface area (Å²) in [5.74, 6) is 0. The Morgan fingerprint density at radius 2 is 2.21 bits per heavy atom. The standard InChI is InChI=1S/C12H19N3O3S/c1-14(2)9-10-4-3-7-15(10)19(17,18)12-8-13-6-5-11(12)16/h5-6,8,10H,3-4,7,9H2,1-2H3,(H,13,16). The molecule has 1 saturated heterocycles. The normalized spacial score (nSPS) is 21.1. The number of H-pyrrole nitrogens is 1. The van der Waals surface area contributed by atoms with Crippen LogP contribution in [0.25, 0.3) is 0 Å². The first kappa shape index (κ1) is 14.2. The summed E-state index contributed by atoms with van der Waals surface area (Å²) in [6, 6.07) is 1.18. The van der Waals surface area contributed by atoms with Crippen LogP contribution in [0.2, 0.25) is 0 Å². The van der Waals surface area contributed by atoms with Crippen molar-refractivity contribution in [2.45, 2.75) is 23.8 Å². The largest absolute Gasteiger partial charge is 0.366 e. The third-order valence-corrected chi connectivity index (χ3v) is 5.25. The van der Waals surface area contributed by atoms with E-state index in [4.69, 9.17) is 0 Å². The molecule has 0 aliphatic carbocycles. The molecule has 2 heterocycles. The predicted molar refractivity (Wildman–Crippen MR) is 72.5 cm³/mol. The van der Waals surface area contributed by atoms with Crippen molar-refractivity contribution in [3.05, 3.63) is 28.7 Å². The Balaban J connectivity index is 2.34. The van der Waals surface area contributed by atoms with Crippen LogP contribution in [0.5, 0.6) is 0 Å². The summed E-state index contributed by atoms with van der Waals surface area (Å²) in [4.78, 5) is 16.2. The van der Waals surface area contributed by atoms with E-state index in [2.05, 4.69) is 4.98 Å². The summed E-state index contributed by atoms with van der Waals surface area (Å²) >= 11 is 0. The molecule has 0 aromatic carbocycles. The van der Waals surface area contributed by atoms with E-state index in [9.17, 15) is 13.2 Å². The quantitative estimate of drug-likeness (QED) is 0.851. The lowest BCUT2D eigenvalue weighted by atomic mass is 10.2. The molecule has 1 atom stereocenters. The Morgan fingerprint density at radius 1 is 1.47 bits per heavy atom. The number of nitrogens with zero attached hydrogens (tertiary/aromatic N) is 2. The van der Waals surface area contributed by atoms with Crippen LogP contribution in [0.4, 0.5) is 0 Å². The summed E-state index contributed by atoms with van der Waals surface area (Å²) in [6.07, 6.45) is 4.37. The van der Waals surface area contributed by atoms with Crippen LogP contribution in [0, 0.1) is 0 Å². The lowest BCUT2D eigenvalue weighted by Crippen LogP contribution is -2.42. The fraction of sp³-hybridized carbons (Fsp3) is 0.583. The van der Waals surface area contributed by atoms with E-state index in [1.165, 1.54) is 22.8 Å². The van der Waals surface area contributed by atoms with E-state index in [0.717, 1.165) is 12.8 Å². The molecule has 0 spiro atoms. The van der Waals surface area contributed by atoms with Gasteiger partial charge in [0.25, 0.3) is 0 Å². The Labute approximate surface area is 113 Å². The predicted octanol–water partition coefficient (Wildman–Crippen LogP) is 0.0896. The first-order chi connectivity index (χ1) is 8.93. The summed E-state index contributed by atoms with van der Waals surface area (Å²) in [5, 5.41) is 0. The van der Waals surface area contributed by atoms with Crippen LogP contribution in [-0.2, 0) is 10.0 Å². The minimum Gasteiger partial charge on any atom is -0.366 e. The van der Waals surface area contributed by atoms with Gasteiger partial charge in [0, 0.05) is 37.6 Å². The van der Waals surface area contributed by atoms with Crippen molar-refractivity contribution in [2.24, 2.45) is 0 Å². The maximum absolute atomic E-state index is 12.5. The molecule has 1 aliphatic heterocycles. The molecule has 7 heteroatoms. The molecule has 1 aromatic rings. The molecular weight excluding hydrogens is 266 g/mol. The van der Waals surface area contributed by atoms with Crippen LogP contribution >= 0.6 is 0 Å². The van der Waals surface area contributed by atoms with Crippen molar-refractivity contribution in [2.75, 3.05) is 27.2 Å². The summed E-state index contributed by atoms with van der Waals surface area (Å²) < 4.78 is 26.5. The van der Waals surface area contributed by atoms with Crippen molar-refractivity contribution in [1.82, 2.24) is 14.2 Å². The number of pyridine rings is 1. The number of aromatic amines is 1. The van der Waals surface area contributed by atoms with E-state index >= 15 is 0 Å². The second-order valence-corrected chi connectivity index (χ2v) is 6.91. The van der Waals surface area contributed by atoms with Gasteiger partial charge in [0.15, 0.2) is 0 Å².